The molecule has 0 bridgehead atoms. The predicted molar refractivity (Wildman–Crippen MR) is 57.5 cm³/mol. The molecule has 0 unspecified atom stereocenters. The van der Waals surface area contributed by atoms with Crippen molar-refractivity contribution in [3.8, 4) is 6.07 Å². The first kappa shape index (κ1) is 12.2. The molecule has 1 rings (SSSR count). The molecule has 0 aliphatic heterocycles. The number of rotatable bonds is 3. The zero-order chi connectivity index (χ0) is 12.1. The van der Waals surface area contributed by atoms with E-state index in [0.29, 0.717) is 6.29 Å². The lowest BCUT2D eigenvalue weighted by molar-refractivity contribution is 0.0524. The summed E-state index contributed by atoms with van der Waals surface area (Å²) >= 11 is 5.77. The number of ether oxygens (including phenoxy) is 1. The lowest BCUT2D eigenvalue weighted by Crippen LogP contribution is -2.09. The Morgan fingerprint density at radius 2 is 2.31 bits per heavy atom. The van der Waals surface area contributed by atoms with Crippen LogP contribution >= 0.6 is 11.6 Å². The molecule has 0 aromatic heterocycles. The molecule has 0 saturated carbocycles. The molecular weight excluding hydrogens is 230 g/mol. The summed E-state index contributed by atoms with van der Waals surface area (Å²) in [5, 5.41) is 8.78. The van der Waals surface area contributed by atoms with Gasteiger partial charge in [0.05, 0.1) is 28.8 Å². The molecule has 16 heavy (non-hydrogen) atoms. The van der Waals surface area contributed by atoms with E-state index >= 15 is 0 Å². The SMILES string of the molecule is CCOC(=O)c1cc(C#N)cc(Cl)c1C=O. The van der Waals surface area contributed by atoms with Gasteiger partial charge in [0.25, 0.3) is 0 Å². The molecule has 0 fully saturated rings. The fourth-order valence-electron chi connectivity index (χ4n) is 1.18. The highest BCUT2D eigenvalue weighted by Crippen LogP contribution is 2.21. The van der Waals surface area contributed by atoms with Gasteiger partial charge in [-0.15, -0.1) is 0 Å². The van der Waals surface area contributed by atoms with Crippen LogP contribution in [0, 0.1) is 11.3 Å². The third-order valence-corrected chi connectivity index (χ3v) is 2.18. The van der Waals surface area contributed by atoms with Crippen molar-refractivity contribution in [3.05, 3.63) is 33.8 Å². The van der Waals surface area contributed by atoms with Crippen molar-refractivity contribution in [2.45, 2.75) is 6.92 Å². The average Bonchev–Trinajstić information content (AvgIpc) is 2.28. The van der Waals surface area contributed by atoms with Crippen LogP contribution in [0.25, 0.3) is 0 Å². The molecule has 1 aromatic rings. The molecule has 0 N–H and O–H groups in total. The van der Waals surface area contributed by atoms with Crippen LogP contribution in [0.2, 0.25) is 5.02 Å². The van der Waals surface area contributed by atoms with Crippen molar-refractivity contribution < 1.29 is 14.3 Å². The minimum atomic E-state index is -0.663. The topological polar surface area (TPSA) is 67.2 Å². The van der Waals surface area contributed by atoms with Gasteiger partial charge in [-0.2, -0.15) is 5.26 Å². The number of nitriles is 1. The van der Waals surface area contributed by atoms with E-state index in [1.165, 1.54) is 12.1 Å². The smallest absolute Gasteiger partial charge is 0.338 e. The van der Waals surface area contributed by atoms with Crippen molar-refractivity contribution in [3.63, 3.8) is 0 Å². The quantitative estimate of drug-likeness (QED) is 0.597. The highest BCUT2D eigenvalue weighted by atomic mass is 35.5. The van der Waals surface area contributed by atoms with E-state index in [4.69, 9.17) is 21.6 Å². The van der Waals surface area contributed by atoms with Crippen LogP contribution in [-0.4, -0.2) is 18.9 Å². The monoisotopic (exact) mass is 237 g/mol. The number of nitrogens with zero attached hydrogens (tertiary/aromatic N) is 1. The standard InChI is InChI=1S/C11H8ClNO3/c1-2-16-11(15)8-3-7(5-13)4-10(12)9(8)6-14/h3-4,6H,2H2,1H3. The van der Waals surface area contributed by atoms with E-state index in [2.05, 4.69) is 0 Å². The van der Waals surface area contributed by atoms with E-state index in [9.17, 15) is 9.59 Å². The molecule has 0 spiro atoms. The third kappa shape index (κ3) is 2.38. The second-order valence-corrected chi connectivity index (χ2v) is 3.28. The van der Waals surface area contributed by atoms with Crippen LogP contribution in [-0.2, 0) is 4.74 Å². The molecular formula is C11H8ClNO3. The maximum Gasteiger partial charge on any atom is 0.338 e. The number of aldehydes is 1. The number of halogens is 1. The summed E-state index contributed by atoms with van der Waals surface area (Å²) in [5.74, 6) is -0.663. The maximum absolute atomic E-state index is 11.5. The van der Waals surface area contributed by atoms with Crippen molar-refractivity contribution in [1.82, 2.24) is 0 Å². The fourth-order valence-corrected chi connectivity index (χ4v) is 1.44. The molecule has 0 aliphatic carbocycles. The van der Waals surface area contributed by atoms with Gasteiger partial charge in [-0.25, -0.2) is 4.79 Å². The second kappa shape index (κ2) is 5.29. The summed E-state index contributed by atoms with van der Waals surface area (Å²) in [6, 6.07) is 4.46. The van der Waals surface area contributed by atoms with Gasteiger partial charge in [0.1, 0.15) is 0 Å². The third-order valence-electron chi connectivity index (χ3n) is 1.87. The van der Waals surface area contributed by atoms with Gasteiger partial charge in [-0.3, -0.25) is 4.79 Å². The molecule has 1 aromatic carbocycles. The van der Waals surface area contributed by atoms with Gasteiger partial charge < -0.3 is 4.74 Å². The Labute approximate surface area is 97.4 Å². The van der Waals surface area contributed by atoms with E-state index in [-0.39, 0.29) is 28.3 Å². The van der Waals surface area contributed by atoms with Gasteiger partial charge in [0, 0.05) is 5.56 Å². The van der Waals surface area contributed by atoms with E-state index in [1.807, 2.05) is 6.07 Å². The number of carbonyl (C=O) groups excluding carboxylic acids is 2. The number of benzene rings is 1. The van der Waals surface area contributed by atoms with Crippen LogP contribution in [0.5, 0.6) is 0 Å². The molecule has 0 heterocycles. The van der Waals surface area contributed by atoms with E-state index in [1.54, 1.807) is 6.92 Å². The Morgan fingerprint density at radius 1 is 1.62 bits per heavy atom. The second-order valence-electron chi connectivity index (χ2n) is 2.87. The number of hydrogen-bond acceptors (Lipinski definition) is 4. The lowest BCUT2D eigenvalue weighted by atomic mass is 10.1. The van der Waals surface area contributed by atoms with Crippen LogP contribution in [0.4, 0.5) is 0 Å². The van der Waals surface area contributed by atoms with Crippen LogP contribution in [0.1, 0.15) is 33.2 Å². The predicted octanol–water partition coefficient (Wildman–Crippen LogP) is 2.20. The summed E-state index contributed by atoms with van der Waals surface area (Å²) in [7, 11) is 0. The van der Waals surface area contributed by atoms with Crippen molar-refractivity contribution in [2.75, 3.05) is 6.61 Å². The Balaban J connectivity index is 3.35. The van der Waals surface area contributed by atoms with Crippen LogP contribution in [0.15, 0.2) is 12.1 Å². The molecule has 4 nitrogen and oxygen atoms in total. The largest absolute Gasteiger partial charge is 0.462 e. The Morgan fingerprint density at radius 3 is 2.81 bits per heavy atom. The number of carbonyl (C=O) groups is 2. The molecule has 0 radical (unpaired) electrons. The zero-order valence-electron chi connectivity index (χ0n) is 8.49. The van der Waals surface area contributed by atoms with Gasteiger partial charge in [0.15, 0.2) is 6.29 Å². The Bertz CT molecular complexity index is 477. The van der Waals surface area contributed by atoms with Crippen LogP contribution in [0.3, 0.4) is 0 Å². The molecule has 0 saturated heterocycles. The highest BCUT2D eigenvalue weighted by Gasteiger charge is 2.16. The summed E-state index contributed by atoms with van der Waals surface area (Å²) < 4.78 is 4.76. The Hall–Kier alpha value is -1.86. The summed E-state index contributed by atoms with van der Waals surface area (Å²) in [5.41, 5.74) is 0.263. The number of esters is 1. The minimum absolute atomic E-state index is 0.0147. The van der Waals surface area contributed by atoms with E-state index < -0.39 is 5.97 Å². The first-order valence-electron chi connectivity index (χ1n) is 4.50. The van der Waals surface area contributed by atoms with Gasteiger partial charge in [0.2, 0.25) is 0 Å². The molecule has 0 atom stereocenters. The fraction of sp³-hybridized carbons (Fsp3) is 0.182. The molecule has 0 aliphatic rings. The van der Waals surface area contributed by atoms with Gasteiger partial charge in [-0.05, 0) is 19.1 Å². The van der Waals surface area contributed by atoms with Gasteiger partial charge in [-0.1, -0.05) is 11.6 Å². The summed E-state index contributed by atoms with van der Waals surface area (Å²) in [6.45, 7) is 1.83. The summed E-state index contributed by atoms with van der Waals surface area (Å²) in [4.78, 5) is 22.3. The highest BCUT2D eigenvalue weighted by molar-refractivity contribution is 6.33. The van der Waals surface area contributed by atoms with Crippen molar-refractivity contribution in [1.29, 1.82) is 5.26 Å². The van der Waals surface area contributed by atoms with Crippen molar-refractivity contribution in [2.24, 2.45) is 0 Å². The maximum atomic E-state index is 11.5. The van der Waals surface area contributed by atoms with Crippen LogP contribution < -0.4 is 0 Å². The van der Waals surface area contributed by atoms with Gasteiger partial charge >= 0.3 is 5.97 Å². The summed E-state index contributed by atoms with van der Waals surface area (Å²) in [6.07, 6.45) is 0.468. The Kier molecular flexibility index (Phi) is 4.03. The first-order chi connectivity index (χ1) is 7.63. The molecule has 5 heteroatoms. The zero-order valence-corrected chi connectivity index (χ0v) is 9.25. The van der Waals surface area contributed by atoms with E-state index in [0.717, 1.165) is 0 Å². The first-order valence-corrected chi connectivity index (χ1v) is 4.87. The lowest BCUT2D eigenvalue weighted by Gasteiger charge is -2.06. The normalized spacial score (nSPS) is 9.31. The molecule has 82 valence electrons. The minimum Gasteiger partial charge on any atom is -0.462 e. The van der Waals surface area contributed by atoms with Crippen molar-refractivity contribution >= 4 is 23.9 Å². The average molecular weight is 238 g/mol. The molecule has 0 amide bonds. The number of hydrogen-bond donors (Lipinski definition) is 0.